The largest absolute Gasteiger partial charge is 0.385 e. The number of hydrogen-bond acceptors (Lipinski definition) is 3. The summed E-state index contributed by atoms with van der Waals surface area (Å²) in [5.41, 5.74) is 4.51. The van der Waals surface area contributed by atoms with Crippen molar-refractivity contribution in [1.82, 2.24) is 10.2 Å². The third-order valence-electron chi connectivity index (χ3n) is 4.60. The molecule has 0 aliphatic carbocycles. The van der Waals surface area contributed by atoms with Crippen molar-refractivity contribution in [2.24, 2.45) is 0 Å². The molecule has 0 aromatic heterocycles. The Bertz CT molecular complexity index is 470. The van der Waals surface area contributed by atoms with E-state index in [4.69, 9.17) is 0 Å². The van der Waals surface area contributed by atoms with E-state index < -0.39 is 0 Å². The van der Waals surface area contributed by atoms with Gasteiger partial charge in [0.05, 0.1) is 0 Å². The molecule has 0 bridgehead atoms. The third kappa shape index (κ3) is 2.70. The number of nitrogens with one attached hydrogen (secondary N) is 2. The SMILES string of the molecule is CC(C)(C)c1ccc2c(c1)C(N1CCNCC1)CCN2. The Morgan fingerprint density at radius 2 is 1.85 bits per heavy atom. The van der Waals surface area contributed by atoms with E-state index in [9.17, 15) is 0 Å². The first kappa shape index (κ1) is 13.9. The monoisotopic (exact) mass is 273 g/mol. The zero-order valence-corrected chi connectivity index (χ0v) is 13.0. The maximum atomic E-state index is 3.57. The van der Waals surface area contributed by atoms with Crippen LogP contribution in [0.25, 0.3) is 0 Å². The fourth-order valence-corrected chi connectivity index (χ4v) is 3.34. The molecule has 1 saturated heterocycles. The molecule has 20 heavy (non-hydrogen) atoms. The second kappa shape index (κ2) is 5.38. The van der Waals surface area contributed by atoms with Gasteiger partial charge in [-0.3, -0.25) is 4.90 Å². The summed E-state index contributed by atoms with van der Waals surface area (Å²) < 4.78 is 0. The van der Waals surface area contributed by atoms with Crippen molar-refractivity contribution >= 4 is 5.69 Å². The van der Waals surface area contributed by atoms with Gasteiger partial charge in [0.25, 0.3) is 0 Å². The molecule has 3 rings (SSSR count). The minimum Gasteiger partial charge on any atom is -0.385 e. The molecule has 0 saturated carbocycles. The van der Waals surface area contributed by atoms with Crippen molar-refractivity contribution in [3.63, 3.8) is 0 Å². The summed E-state index contributed by atoms with van der Waals surface area (Å²) in [4.78, 5) is 2.66. The normalized spacial score (nSPS) is 24.1. The van der Waals surface area contributed by atoms with Crippen LogP contribution in [0.1, 0.15) is 44.4 Å². The van der Waals surface area contributed by atoms with Crippen LogP contribution in [0, 0.1) is 0 Å². The number of piperazine rings is 1. The highest BCUT2D eigenvalue weighted by Crippen LogP contribution is 2.37. The Morgan fingerprint density at radius 3 is 2.55 bits per heavy atom. The molecule has 0 spiro atoms. The summed E-state index contributed by atoms with van der Waals surface area (Å²) in [6.45, 7) is 12.6. The molecule has 1 fully saturated rings. The van der Waals surface area contributed by atoms with E-state index in [1.807, 2.05) is 0 Å². The minimum atomic E-state index is 0.223. The molecule has 2 aliphatic heterocycles. The molecule has 1 aromatic carbocycles. The molecule has 2 aliphatic rings. The molecule has 110 valence electrons. The first-order valence-corrected chi connectivity index (χ1v) is 7.89. The van der Waals surface area contributed by atoms with Crippen molar-refractivity contribution in [3.8, 4) is 0 Å². The number of benzene rings is 1. The third-order valence-corrected chi connectivity index (χ3v) is 4.60. The van der Waals surface area contributed by atoms with Gasteiger partial charge in [0.15, 0.2) is 0 Å². The molecule has 1 aromatic rings. The standard InChI is InChI=1S/C17H27N3/c1-17(2,3)13-4-5-15-14(12-13)16(6-7-19-15)20-10-8-18-9-11-20/h4-5,12,16,18-19H,6-11H2,1-3H3. The smallest absolute Gasteiger partial charge is 0.0388 e. The van der Waals surface area contributed by atoms with Gasteiger partial charge in [0, 0.05) is 44.5 Å². The summed E-state index contributed by atoms with van der Waals surface area (Å²) in [6.07, 6.45) is 1.22. The van der Waals surface area contributed by atoms with Crippen LogP contribution in [0.3, 0.4) is 0 Å². The highest BCUT2D eigenvalue weighted by molar-refractivity contribution is 5.56. The highest BCUT2D eigenvalue weighted by Gasteiger charge is 2.28. The molecule has 2 heterocycles. The highest BCUT2D eigenvalue weighted by atomic mass is 15.2. The molecule has 0 amide bonds. The number of hydrogen-bond donors (Lipinski definition) is 2. The van der Waals surface area contributed by atoms with Crippen LogP contribution in [-0.2, 0) is 5.41 Å². The Labute approximate surface area is 122 Å². The topological polar surface area (TPSA) is 27.3 Å². The number of fused-ring (bicyclic) bond motifs is 1. The molecular weight excluding hydrogens is 246 g/mol. The molecule has 0 radical (unpaired) electrons. The summed E-state index contributed by atoms with van der Waals surface area (Å²) >= 11 is 0. The Balaban J connectivity index is 1.93. The molecule has 3 nitrogen and oxygen atoms in total. The van der Waals surface area contributed by atoms with Gasteiger partial charge in [-0.05, 0) is 29.0 Å². The Kier molecular flexibility index (Phi) is 3.74. The molecular formula is C17H27N3. The Hall–Kier alpha value is -1.06. The number of rotatable bonds is 1. The second-order valence-electron chi connectivity index (χ2n) is 7.07. The van der Waals surface area contributed by atoms with E-state index in [0.717, 1.165) is 19.6 Å². The van der Waals surface area contributed by atoms with Crippen LogP contribution in [0.2, 0.25) is 0 Å². The van der Waals surface area contributed by atoms with Gasteiger partial charge in [-0.1, -0.05) is 32.9 Å². The fraction of sp³-hybridized carbons (Fsp3) is 0.647. The summed E-state index contributed by atoms with van der Waals surface area (Å²) in [5.74, 6) is 0. The average Bonchev–Trinajstić information content (AvgIpc) is 2.46. The predicted molar refractivity (Wildman–Crippen MR) is 85.4 cm³/mol. The lowest BCUT2D eigenvalue weighted by molar-refractivity contribution is 0.166. The van der Waals surface area contributed by atoms with Crippen LogP contribution in [0.4, 0.5) is 5.69 Å². The zero-order valence-electron chi connectivity index (χ0n) is 13.0. The van der Waals surface area contributed by atoms with Crippen molar-refractivity contribution in [2.45, 2.75) is 38.6 Å². The van der Waals surface area contributed by atoms with Crippen LogP contribution in [0.5, 0.6) is 0 Å². The number of nitrogens with zero attached hydrogens (tertiary/aromatic N) is 1. The van der Waals surface area contributed by atoms with E-state index in [-0.39, 0.29) is 5.41 Å². The van der Waals surface area contributed by atoms with Gasteiger partial charge >= 0.3 is 0 Å². The zero-order chi connectivity index (χ0) is 14.2. The van der Waals surface area contributed by atoms with Gasteiger partial charge < -0.3 is 10.6 Å². The van der Waals surface area contributed by atoms with Crippen LogP contribution < -0.4 is 10.6 Å². The lowest BCUT2D eigenvalue weighted by Gasteiger charge is -2.39. The van der Waals surface area contributed by atoms with Gasteiger partial charge in [-0.25, -0.2) is 0 Å². The minimum absolute atomic E-state index is 0.223. The summed E-state index contributed by atoms with van der Waals surface area (Å²) in [6, 6.07) is 7.60. The van der Waals surface area contributed by atoms with Gasteiger partial charge in [-0.2, -0.15) is 0 Å². The maximum Gasteiger partial charge on any atom is 0.0388 e. The Morgan fingerprint density at radius 1 is 1.10 bits per heavy atom. The molecule has 3 heteroatoms. The van der Waals surface area contributed by atoms with Crippen molar-refractivity contribution in [1.29, 1.82) is 0 Å². The van der Waals surface area contributed by atoms with E-state index in [0.29, 0.717) is 6.04 Å². The lowest BCUT2D eigenvalue weighted by Crippen LogP contribution is -2.46. The quantitative estimate of drug-likeness (QED) is 0.824. The van der Waals surface area contributed by atoms with Gasteiger partial charge in [0.1, 0.15) is 0 Å². The average molecular weight is 273 g/mol. The fourth-order valence-electron chi connectivity index (χ4n) is 3.34. The molecule has 2 N–H and O–H groups in total. The van der Waals surface area contributed by atoms with Gasteiger partial charge in [-0.15, -0.1) is 0 Å². The van der Waals surface area contributed by atoms with Crippen molar-refractivity contribution in [3.05, 3.63) is 29.3 Å². The lowest BCUT2D eigenvalue weighted by atomic mass is 9.83. The van der Waals surface area contributed by atoms with Crippen molar-refractivity contribution in [2.75, 3.05) is 38.0 Å². The first-order valence-electron chi connectivity index (χ1n) is 7.89. The van der Waals surface area contributed by atoms with Crippen LogP contribution in [0.15, 0.2) is 18.2 Å². The van der Waals surface area contributed by atoms with Crippen LogP contribution in [-0.4, -0.2) is 37.6 Å². The van der Waals surface area contributed by atoms with Crippen LogP contribution >= 0.6 is 0 Å². The molecule has 1 atom stereocenters. The second-order valence-corrected chi connectivity index (χ2v) is 7.07. The number of anilines is 1. The van der Waals surface area contributed by atoms with Gasteiger partial charge in [0.2, 0.25) is 0 Å². The predicted octanol–water partition coefficient (Wildman–Crippen LogP) is 2.75. The summed E-state index contributed by atoms with van der Waals surface area (Å²) in [5, 5.41) is 7.02. The maximum absolute atomic E-state index is 3.57. The summed E-state index contributed by atoms with van der Waals surface area (Å²) in [7, 11) is 0. The van der Waals surface area contributed by atoms with E-state index in [1.165, 1.54) is 36.3 Å². The van der Waals surface area contributed by atoms with E-state index in [2.05, 4.69) is 54.5 Å². The van der Waals surface area contributed by atoms with E-state index in [1.54, 1.807) is 0 Å². The molecule has 1 unspecified atom stereocenters. The first-order chi connectivity index (χ1) is 9.55. The van der Waals surface area contributed by atoms with E-state index >= 15 is 0 Å². The van der Waals surface area contributed by atoms with Crippen molar-refractivity contribution < 1.29 is 0 Å².